The first kappa shape index (κ1) is 22.4. The van der Waals surface area contributed by atoms with Crippen molar-refractivity contribution in [3.63, 3.8) is 0 Å². The zero-order valence-electron chi connectivity index (χ0n) is 18.5. The fourth-order valence-corrected chi connectivity index (χ4v) is 3.58. The van der Waals surface area contributed by atoms with Crippen LogP contribution >= 0.6 is 0 Å². The lowest BCUT2D eigenvalue weighted by atomic mass is 10.1. The average molecular weight is 457 g/mol. The number of aromatic nitrogens is 4. The van der Waals surface area contributed by atoms with E-state index in [2.05, 4.69) is 20.4 Å². The van der Waals surface area contributed by atoms with Crippen LogP contribution in [0.5, 0.6) is 11.5 Å². The van der Waals surface area contributed by atoms with Crippen LogP contribution in [0, 0.1) is 13.8 Å². The summed E-state index contributed by atoms with van der Waals surface area (Å²) < 4.78 is 50.7. The molecule has 2 aromatic heterocycles. The number of benzene rings is 2. The van der Waals surface area contributed by atoms with Gasteiger partial charge in [-0.1, -0.05) is 18.2 Å². The van der Waals surface area contributed by atoms with Gasteiger partial charge in [-0.05, 0) is 49.2 Å². The summed E-state index contributed by atoms with van der Waals surface area (Å²) in [7, 11) is 3.14. The van der Waals surface area contributed by atoms with Crippen LogP contribution in [0.1, 0.15) is 22.6 Å². The molecule has 0 fully saturated rings. The molecule has 7 nitrogen and oxygen atoms in total. The van der Waals surface area contributed by atoms with Crippen LogP contribution in [0.2, 0.25) is 0 Å². The van der Waals surface area contributed by atoms with Gasteiger partial charge in [-0.2, -0.15) is 27.8 Å². The first-order chi connectivity index (χ1) is 15.7. The Morgan fingerprint density at radius 1 is 0.939 bits per heavy atom. The SMILES string of the molecule is COc1ccc(-c2c(C)nn3c(NCc4ccc(C(F)(F)F)cc4)nc(C)nc23)cc1OC. The van der Waals surface area contributed by atoms with Gasteiger partial charge < -0.3 is 14.8 Å². The lowest BCUT2D eigenvalue weighted by Gasteiger charge is -2.11. The molecule has 1 N–H and O–H groups in total. The lowest BCUT2D eigenvalue weighted by Crippen LogP contribution is -2.10. The zero-order chi connectivity index (χ0) is 23.8. The molecule has 0 aliphatic carbocycles. The Morgan fingerprint density at radius 2 is 1.64 bits per heavy atom. The minimum atomic E-state index is -4.37. The Hall–Kier alpha value is -3.82. The van der Waals surface area contributed by atoms with Crippen molar-refractivity contribution in [1.82, 2.24) is 19.6 Å². The van der Waals surface area contributed by atoms with E-state index in [1.165, 1.54) is 12.1 Å². The number of alkyl halides is 3. The number of hydrogen-bond acceptors (Lipinski definition) is 6. The molecule has 4 aromatic rings. The molecule has 0 aliphatic heterocycles. The van der Waals surface area contributed by atoms with Crippen molar-refractivity contribution >= 4 is 11.6 Å². The summed E-state index contributed by atoms with van der Waals surface area (Å²) >= 11 is 0. The molecular weight excluding hydrogens is 435 g/mol. The molecule has 10 heteroatoms. The van der Waals surface area contributed by atoms with Gasteiger partial charge in [-0.15, -0.1) is 0 Å². The third kappa shape index (κ3) is 4.41. The molecule has 0 amide bonds. The second-order valence-electron chi connectivity index (χ2n) is 7.41. The number of halogens is 3. The van der Waals surface area contributed by atoms with Gasteiger partial charge in [0, 0.05) is 12.1 Å². The molecule has 0 saturated heterocycles. The van der Waals surface area contributed by atoms with Crippen LogP contribution in [-0.4, -0.2) is 33.8 Å². The van der Waals surface area contributed by atoms with Crippen LogP contribution in [0.3, 0.4) is 0 Å². The van der Waals surface area contributed by atoms with Crippen molar-refractivity contribution in [2.45, 2.75) is 26.6 Å². The molecule has 0 saturated carbocycles. The monoisotopic (exact) mass is 457 g/mol. The Labute approximate surface area is 188 Å². The van der Waals surface area contributed by atoms with Crippen LogP contribution in [0.15, 0.2) is 42.5 Å². The number of fused-ring (bicyclic) bond motifs is 1. The summed E-state index contributed by atoms with van der Waals surface area (Å²) in [6, 6.07) is 10.6. The quantitative estimate of drug-likeness (QED) is 0.437. The van der Waals surface area contributed by atoms with Crippen LogP contribution in [0.25, 0.3) is 16.8 Å². The number of methoxy groups -OCH3 is 2. The highest BCUT2D eigenvalue weighted by molar-refractivity contribution is 5.81. The Balaban J connectivity index is 1.69. The summed E-state index contributed by atoms with van der Waals surface area (Å²) in [6.07, 6.45) is -4.37. The highest BCUT2D eigenvalue weighted by Crippen LogP contribution is 2.35. The number of nitrogens with one attached hydrogen (secondary N) is 1. The van der Waals surface area contributed by atoms with E-state index in [1.807, 2.05) is 25.1 Å². The fraction of sp³-hybridized carbons (Fsp3) is 0.261. The number of nitrogens with zero attached hydrogens (tertiary/aromatic N) is 4. The molecule has 0 unspecified atom stereocenters. The minimum absolute atomic E-state index is 0.272. The molecular formula is C23H22F3N5O2. The highest BCUT2D eigenvalue weighted by Gasteiger charge is 2.29. The number of aryl methyl sites for hydroxylation is 2. The van der Waals surface area contributed by atoms with E-state index in [9.17, 15) is 13.2 Å². The van der Waals surface area contributed by atoms with Gasteiger partial charge >= 0.3 is 6.18 Å². The molecule has 33 heavy (non-hydrogen) atoms. The van der Waals surface area contributed by atoms with Crippen molar-refractivity contribution in [2.75, 3.05) is 19.5 Å². The normalized spacial score (nSPS) is 11.6. The van der Waals surface area contributed by atoms with Gasteiger partial charge in [0.2, 0.25) is 5.95 Å². The number of hydrogen-bond donors (Lipinski definition) is 1. The second kappa shape index (κ2) is 8.61. The van der Waals surface area contributed by atoms with Gasteiger partial charge in [-0.25, -0.2) is 4.98 Å². The van der Waals surface area contributed by atoms with Gasteiger partial charge in [0.15, 0.2) is 17.1 Å². The van der Waals surface area contributed by atoms with Crippen molar-refractivity contribution in [3.05, 3.63) is 65.1 Å². The first-order valence-electron chi connectivity index (χ1n) is 10.1. The van der Waals surface area contributed by atoms with E-state index in [-0.39, 0.29) is 6.54 Å². The van der Waals surface area contributed by atoms with Crippen LogP contribution in [0.4, 0.5) is 19.1 Å². The third-order valence-corrected chi connectivity index (χ3v) is 5.18. The topological polar surface area (TPSA) is 73.6 Å². The average Bonchev–Trinajstić information content (AvgIpc) is 3.12. The largest absolute Gasteiger partial charge is 0.493 e. The smallest absolute Gasteiger partial charge is 0.416 e. The highest BCUT2D eigenvalue weighted by atomic mass is 19.4. The Morgan fingerprint density at radius 3 is 2.27 bits per heavy atom. The molecule has 0 atom stereocenters. The van der Waals surface area contributed by atoms with E-state index in [4.69, 9.17) is 9.47 Å². The van der Waals surface area contributed by atoms with Gasteiger partial charge in [0.05, 0.1) is 25.5 Å². The molecule has 2 heterocycles. The lowest BCUT2D eigenvalue weighted by molar-refractivity contribution is -0.137. The maximum absolute atomic E-state index is 12.8. The zero-order valence-corrected chi connectivity index (χ0v) is 18.5. The summed E-state index contributed by atoms with van der Waals surface area (Å²) in [5.41, 5.74) is 3.00. The summed E-state index contributed by atoms with van der Waals surface area (Å²) in [4.78, 5) is 9.01. The second-order valence-corrected chi connectivity index (χ2v) is 7.41. The molecule has 0 radical (unpaired) electrons. The van der Waals surface area contributed by atoms with E-state index in [1.54, 1.807) is 25.7 Å². The number of rotatable bonds is 6. The molecule has 0 aliphatic rings. The molecule has 0 spiro atoms. The first-order valence-corrected chi connectivity index (χ1v) is 10.1. The maximum Gasteiger partial charge on any atom is 0.416 e. The Bertz CT molecular complexity index is 1300. The van der Waals surface area contributed by atoms with Crippen molar-refractivity contribution in [1.29, 1.82) is 0 Å². The predicted octanol–water partition coefficient (Wildman–Crippen LogP) is 5.06. The fourth-order valence-electron chi connectivity index (χ4n) is 3.58. The summed E-state index contributed by atoms with van der Waals surface area (Å²) in [6.45, 7) is 3.91. The summed E-state index contributed by atoms with van der Waals surface area (Å²) in [5.74, 6) is 2.16. The standard InChI is InChI=1S/C23H22F3N5O2/c1-13-20(16-7-10-18(32-3)19(11-16)33-4)21-28-14(2)29-22(31(21)30-13)27-12-15-5-8-17(9-6-15)23(24,25)26/h5-11H,12H2,1-4H3,(H,27,28,29). The van der Waals surface area contributed by atoms with Crippen molar-refractivity contribution in [2.24, 2.45) is 0 Å². The molecule has 2 aromatic carbocycles. The molecule has 4 rings (SSSR count). The van der Waals surface area contributed by atoms with Crippen LogP contribution in [-0.2, 0) is 12.7 Å². The third-order valence-electron chi connectivity index (χ3n) is 5.18. The van der Waals surface area contributed by atoms with Crippen LogP contribution < -0.4 is 14.8 Å². The Kier molecular flexibility index (Phi) is 5.84. The molecule has 0 bridgehead atoms. The van der Waals surface area contributed by atoms with Crippen molar-refractivity contribution in [3.8, 4) is 22.6 Å². The van der Waals surface area contributed by atoms with Crippen molar-refractivity contribution < 1.29 is 22.6 Å². The van der Waals surface area contributed by atoms with Gasteiger partial charge in [0.1, 0.15) is 5.82 Å². The minimum Gasteiger partial charge on any atom is -0.493 e. The summed E-state index contributed by atoms with van der Waals surface area (Å²) in [5, 5.41) is 7.75. The molecule has 172 valence electrons. The number of anilines is 1. The van der Waals surface area contributed by atoms with Gasteiger partial charge in [-0.3, -0.25) is 0 Å². The van der Waals surface area contributed by atoms with E-state index in [0.29, 0.717) is 34.5 Å². The van der Waals surface area contributed by atoms with E-state index >= 15 is 0 Å². The van der Waals surface area contributed by atoms with E-state index < -0.39 is 11.7 Å². The maximum atomic E-state index is 12.8. The number of ether oxygens (including phenoxy) is 2. The van der Waals surface area contributed by atoms with Gasteiger partial charge in [0.25, 0.3) is 0 Å². The van der Waals surface area contributed by atoms with E-state index in [0.717, 1.165) is 29.0 Å². The predicted molar refractivity (Wildman–Crippen MR) is 118 cm³/mol.